The molecule has 0 aliphatic carbocycles. The number of halogens is 3. The molecule has 6 N–H and O–H groups in total. The smallest absolute Gasteiger partial charge is 0.124 e. The van der Waals surface area contributed by atoms with Crippen LogP contribution in [0.15, 0.2) is 47.5 Å². The van der Waals surface area contributed by atoms with Gasteiger partial charge in [-0.1, -0.05) is 24.3 Å². The quantitative estimate of drug-likeness (QED) is 0.536. The van der Waals surface area contributed by atoms with Gasteiger partial charge in [-0.25, -0.2) is 4.39 Å². The minimum absolute atomic E-state index is 0. The molecule has 130 valence electrons. The molecule has 2 aromatic rings. The Morgan fingerprint density at radius 2 is 1.71 bits per heavy atom. The largest absolute Gasteiger partial charge is 1.00 e. The number of rotatable bonds is 5. The summed E-state index contributed by atoms with van der Waals surface area (Å²) in [6, 6.07) is 13.1. The van der Waals surface area contributed by atoms with Gasteiger partial charge in [0.15, 0.2) is 0 Å². The van der Waals surface area contributed by atoms with E-state index in [4.69, 9.17) is 4.99 Å². The lowest BCUT2D eigenvalue weighted by Crippen LogP contribution is -3.00. The highest BCUT2D eigenvalue weighted by molar-refractivity contribution is 5.97. The van der Waals surface area contributed by atoms with E-state index in [2.05, 4.69) is 29.7 Å². The maximum atomic E-state index is 13.0. The Labute approximate surface area is 154 Å². The third kappa shape index (κ3) is 4.54. The van der Waals surface area contributed by atoms with Crippen LogP contribution in [-0.2, 0) is 6.42 Å². The van der Waals surface area contributed by atoms with E-state index in [1.807, 2.05) is 0 Å². The number of fused-ring (bicyclic) bond motifs is 1. The van der Waals surface area contributed by atoms with Crippen molar-refractivity contribution in [1.82, 2.24) is 0 Å². The molecule has 2 aromatic carbocycles. The monoisotopic (exact) mass is 369 g/mol. The van der Waals surface area contributed by atoms with Crippen LogP contribution in [0.4, 0.5) is 10.1 Å². The third-order valence-electron chi connectivity index (χ3n) is 4.17. The number of hydrogen-bond acceptors (Lipinski definition) is 1. The number of nitrogens with zero attached hydrogens (tertiary/aromatic N) is 1. The van der Waals surface area contributed by atoms with Gasteiger partial charge >= 0.3 is 0 Å². The van der Waals surface area contributed by atoms with Gasteiger partial charge in [-0.15, -0.1) is 0 Å². The van der Waals surface area contributed by atoms with Crippen LogP contribution in [0.25, 0.3) is 11.1 Å². The van der Waals surface area contributed by atoms with E-state index in [9.17, 15) is 4.39 Å². The number of benzene rings is 2. The van der Waals surface area contributed by atoms with Crippen molar-refractivity contribution in [2.24, 2.45) is 4.99 Å². The first-order valence-corrected chi connectivity index (χ1v) is 7.76. The summed E-state index contributed by atoms with van der Waals surface area (Å²) in [4.78, 5) is 4.77. The lowest BCUT2D eigenvalue weighted by Gasteiger charge is -2.06. The van der Waals surface area contributed by atoms with Crippen LogP contribution < -0.4 is 36.3 Å². The summed E-state index contributed by atoms with van der Waals surface area (Å²) in [5.41, 5.74) is 13.6. The molecular formula is C18H22Cl2FN3. The van der Waals surface area contributed by atoms with Crippen LogP contribution in [0.5, 0.6) is 0 Å². The molecule has 0 unspecified atom stereocenters. The van der Waals surface area contributed by atoms with Crippen molar-refractivity contribution >= 4 is 11.4 Å². The Kier molecular flexibility index (Phi) is 7.84. The van der Waals surface area contributed by atoms with E-state index in [0.717, 1.165) is 42.6 Å². The van der Waals surface area contributed by atoms with Crippen LogP contribution in [0.1, 0.15) is 18.4 Å². The van der Waals surface area contributed by atoms with Crippen molar-refractivity contribution in [2.75, 3.05) is 6.54 Å². The van der Waals surface area contributed by atoms with Crippen molar-refractivity contribution in [2.45, 2.75) is 25.3 Å². The second kappa shape index (κ2) is 9.14. The summed E-state index contributed by atoms with van der Waals surface area (Å²) >= 11 is 0. The van der Waals surface area contributed by atoms with Gasteiger partial charge < -0.3 is 36.3 Å². The fourth-order valence-electron chi connectivity index (χ4n) is 2.82. The zero-order valence-electron chi connectivity index (χ0n) is 13.4. The summed E-state index contributed by atoms with van der Waals surface area (Å²) in [6.07, 6.45) is 3.02. The molecule has 1 aliphatic heterocycles. The molecule has 1 atom stereocenters. The van der Waals surface area contributed by atoms with Crippen molar-refractivity contribution in [3.8, 4) is 11.1 Å². The van der Waals surface area contributed by atoms with Gasteiger partial charge in [0.1, 0.15) is 11.9 Å². The fourth-order valence-corrected chi connectivity index (χ4v) is 2.82. The molecule has 6 heteroatoms. The zero-order chi connectivity index (χ0) is 15.5. The van der Waals surface area contributed by atoms with Crippen LogP contribution in [0.2, 0.25) is 0 Å². The predicted molar refractivity (Wildman–Crippen MR) is 86.3 cm³/mol. The van der Waals surface area contributed by atoms with Gasteiger partial charge in [-0.05, 0) is 34.9 Å². The number of quaternary nitrogens is 2. The summed E-state index contributed by atoms with van der Waals surface area (Å²) in [6.45, 7) is 0.945. The van der Waals surface area contributed by atoms with Crippen LogP contribution >= 0.6 is 0 Å². The van der Waals surface area contributed by atoms with Gasteiger partial charge in [-0.2, -0.15) is 0 Å². The van der Waals surface area contributed by atoms with Crippen molar-refractivity contribution < 1.29 is 40.7 Å². The first-order valence-electron chi connectivity index (χ1n) is 7.76. The third-order valence-corrected chi connectivity index (χ3v) is 4.17. The molecule has 0 fully saturated rings. The fraction of sp³-hybridized carbons (Fsp3) is 0.278. The minimum Gasteiger partial charge on any atom is -1.00 e. The highest BCUT2D eigenvalue weighted by Crippen LogP contribution is 2.32. The summed E-state index contributed by atoms with van der Waals surface area (Å²) in [5, 5.41) is 0. The van der Waals surface area contributed by atoms with Crippen LogP contribution in [-0.4, -0.2) is 18.3 Å². The zero-order valence-corrected chi connectivity index (χ0v) is 15.0. The normalized spacial score (nSPS) is 13.4. The van der Waals surface area contributed by atoms with Gasteiger partial charge in [0.05, 0.1) is 17.9 Å². The SMILES string of the molecule is [Cl-].[Cl-].[NH3+]CCC[C@@H]([NH3+])C1=Nc2cc(-c3ccc(F)cc3)ccc2C1. The lowest BCUT2D eigenvalue weighted by atomic mass is 9.99. The molecule has 24 heavy (non-hydrogen) atoms. The Hall–Kier alpha value is -1.46. The molecule has 3 rings (SSSR count). The van der Waals surface area contributed by atoms with Gasteiger partial charge in [0, 0.05) is 19.3 Å². The topological polar surface area (TPSA) is 67.6 Å². The molecule has 0 saturated heterocycles. The van der Waals surface area contributed by atoms with E-state index in [-0.39, 0.29) is 36.7 Å². The first-order chi connectivity index (χ1) is 10.7. The second-order valence-electron chi connectivity index (χ2n) is 5.82. The molecule has 0 saturated carbocycles. The van der Waals surface area contributed by atoms with Crippen molar-refractivity contribution in [1.29, 1.82) is 0 Å². The van der Waals surface area contributed by atoms with E-state index >= 15 is 0 Å². The predicted octanol–water partition coefficient (Wildman–Crippen LogP) is -4.24. The Bertz CT molecular complexity index is 702. The first kappa shape index (κ1) is 20.6. The van der Waals surface area contributed by atoms with Crippen LogP contribution in [0.3, 0.4) is 0 Å². The molecule has 0 radical (unpaired) electrons. The maximum absolute atomic E-state index is 13.0. The molecular weight excluding hydrogens is 348 g/mol. The van der Waals surface area contributed by atoms with E-state index in [1.165, 1.54) is 23.4 Å². The minimum atomic E-state index is -0.212. The van der Waals surface area contributed by atoms with Gasteiger partial charge in [-0.3, -0.25) is 4.99 Å². The van der Waals surface area contributed by atoms with E-state index in [1.54, 1.807) is 12.1 Å². The second-order valence-corrected chi connectivity index (χ2v) is 5.82. The maximum Gasteiger partial charge on any atom is 0.124 e. The Morgan fingerprint density at radius 1 is 1.04 bits per heavy atom. The standard InChI is InChI=1S/C18H20FN3.2ClH/c19-15-7-5-12(6-8-15)13-3-4-14-11-18(22-17(14)10-13)16(21)2-1-9-20;;/h3-8,10,16H,1-2,9,11,20-21H2;2*1H/t16-;;/m1../s1. The molecule has 0 amide bonds. The summed E-state index contributed by atoms with van der Waals surface area (Å²) < 4.78 is 13.0. The average Bonchev–Trinajstić information content (AvgIpc) is 2.96. The molecule has 1 aliphatic rings. The molecule has 0 bridgehead atoms. The van der Waals surface area contributed by atoms with E-state index in [0.29, 0.717) is 0 Å². The van der Waals surface area contributed by atoms with Crippen LogP contribution in [0, 0.1) is 5.82 Å². The van der Waals surface area contributed by atoms with E-state index < -0.39 is 0 Å². The van der Waals surface area contributed by atoms with Crippen molar-refractivity contribution in [3.05, 3.63) is 53.8 Å². The molecule has 0 aromatic heterocycles. The van der Waals surface area contributed by atoms with Gasteiger partial charge in [0.25, 0.3) is 0 Å². The summed E-state index contributed by atoms with van der Waals surface area (Å²) in [7, 11) is 0. The molecule has 0 spiro atoms. The Morgan fingerprint density at radius 3 is 2.38 bits per heavy atom. The van der Waals surface area contributed by atoms with Gasteiger partial charge in [0.2, 0.25) is 0 Å². The molecule has 3 nitrogen and oxygen atoms in total. The lowest BCUT2D eigenvalue weighted by molar-refractivity contribution is -0.404. The number of hydrogen-bond donors (Lipinski definition) is 2. The summed E-state index contributed by atoms with van der Waals surface area (Å²) in [5.74, 6) is -0.212. The highest BCUT2D eigenvalue weighted by atomic mass is 35.5. The van der Waals surface area contributed by atoms with Crippen molar-refractivity contribution in [3.63, 3.8) is 0 Å². The average molecular weight is 370 g/mol. The molecule has 1 heterocycles. The Balaban J connectivity index is 0.00000144. The number of aliphatic imine (C=N–C) groups is 1. The highest BCUT2D eigenvalue weighted by Gasteiger charge is 2.22.